The standard InChI is InChI=1S/C12H23N3O2/c1-2-15-5-3-10(8-15)7-13-12(16)14-11-4-6-17-9-11/h10-11H,2-9H2,1H3,(H2,13,14,16). The Morgan fingerprint density at radius 3 is 3.00 bits per heavy atom. The maximum Gasteiger partial charge on any atom is 0.315 e. The molecule has 5 heteroatoms. The lowest BCUT2D eigenvalue weighted by atomic mass is 10.1. The highest BCUT2D eigenvalue weighted by atomic mass is 16.5. The van der Waals surface area contributed by atoms with E-state index >= 15 is 0 Å². The normalized spacial score (nSPS) is 29.5. The Kier molecular flexibility index (Phi) is 4.62. The van der Waals surface area contributed by atoms with Crippen LogP contribution in [0.15, 0.2) is 0 Å². The van der Waals surface area contributed by atoms with E-state index in [9.17, 15) is 4.79 Å². The summed E-state index contributed by atoms with van der Waals surface area (Å²) < 4.78 is 5.22. The predicted octanol–water partition coefficient (Wildman–Crippen LogP) is 0.416. The smallest absolute Gasteiger partial charge is 0.315 e. The van der Waals surface area contributed by atoms with Crippen molar-refractivity contribution in [1.29, 1.82) is 0 Å². The molecule has 5 nitrogen and oxygen atoms in total. The number of carbonyl (C=O) groups is 1. The van der Waals surface area contributed by atoms with Crippen molar-refractivity contribution in [2.24, 2.45) is 5.92 Å². The van der Waals surface area contributed by atoms with Gasteiger partial charge in [0.1, 0.15) is 0 Å². The van der Waals surface area contributed by atoms with E-state index in [0.717, 1.165) is 32.7 Å². The van der Waals surface area contributed by atoms with E-state index < -0.39 is 0 Å². The summed E-state index contributed by atoms with van der Waals surface area (Å²) in [5.74, 6) is 0.612. The largest absolute Gasteiger partial charge is 0.379 e. The van der Waals surface area contributed by atoms with Gasteiger partial charge >= 0.3 is 6.03 Å². The van der Waals surface area contributed by atoms with Crippen molar-refractivity contribution in [2.45, 2.75) is 25.8 Å². The van der Waals surface area contributed by atoms with Crippen LogP contribution in [0.5, 0.6) is 0 Å². The zero-order valence-corrected chi connectivity index (χ0v) is 10.6. The number of hydrogen-bond donors (Lipinski definition) is 2. The summed E-state index contributed by atoms with van der Waals surface area (Å²) in [4.78, 5) is 14.0. The molecule has 0 aromatic rings. The van der Waals surface area contributed by atoms with Gasteiger partial charge in [0.25, 0.3) is 0 Å². The van der Waals surface area contributed by atoms with Gasteiger partial charge in [0.05, 0.1) is 12.6 Å². The van der Waals surface area contributed by atoms with Crippen molar-refractivity contribution in [3.8, 4) is 0 Å². The summed E-state index contributed by atoms with van der Waals surface area (Å²) in [6.07, 6.45) is 2.13. The predicted molar refractivity (Wildman–Crippen MR) is 66.0 cm³/mol. The third-order valence-corrected chi connectivity index (χ3v) is 3.63. The number of likely N-dealkylation sites (tertiary alicyclic amines) is 1. The molecule has 2 amide bonds. The zero-order chi connectivity index (χ0) is 12.1. The molecule has 2 N–H and O–H groups in total. The summed E-state index contributed by atoms with van der Waals surface area (Å²) in [6, 6.07) is 0.154. The van der Waals surface area contributed by atoms with Gasteiger partial charge in [-0.1, -0.05) is 6.92 Å². The second kappa shape index (κ2) is 6.21. The van der Waals surface area contributed by atoms with Gasteiger partial charge in [0.15, 0.2) is 0 Å². The molecular formula is C12H23N3O2. The van der Waals surface area contributed by atoms with Gasteiger partial charge in [-0.2, -0.15) is 0 Å². The van der Waals surface area contributed by atoms with Crippen LogP contribution in [0, 0.1) is 5.92 Å². The number of nitrogens with zero attached hydrogens (tertiary/aromatic N) is 1. The van der Waals surface area contributed by atoms with Gasteiger partial charge < -0.3 is 20.3 Å². The number of hydrogen-bond acceptors (Lipinski definition) is 3. The molecule has 2 aliphatic heterocycles. The van der Waals surface area contributed by atoms with Crippen molar-refractivity contribution >= 4 is 6.03 Å². The fraction of sp³-hybridized carbons (Fsp3) is 0.917. The highest BCUT2D eigenvalue weighted by molar-refractivity contribution is 5.74. The van der Waals surface area contributed by atoms with E-state index in [1.54, 1.807) is 0 Å². The molecule has 2 heterocycles. The van der Waals surface area contributed by atoms with Gasteiger partial charge in [-0.25, -0.2) is 4.79 Å². The third-order valence-electron chi connectivity index (χ3n) is 3.63. The van der Waals surface area contributed by atoms with Crippen LogP contribution >= 0.6 is 0 Å². The number of rotatable bonds is 4. The molecule has 0 radical (unpaired) electrons. The fourth-order valence-electron chi connectivity index (χ4n) is 2.49. The molecule has 2 atom stereocenters. The first-order valence-electron chi connectivity index (χ1n) is 6.62. The number of urea groups is 1. The van der Waals surface area contributed by atoms with Gasteiger partial charge in [0, 0.05) is 19.7 Å². The van der Waals surface area contributed by atoms with Crippen LogP contribution in [0.2, 0.25) is 0 Å². The van der Waals surface area contributed by atoms with Crippen molar-refractivity contribution < 1.29 is 9.53 Å². The van der Waals surface area contributed by atoms with Crippen LogP contribution in [-0.2, 0) is 4.74 Å². The summed E-state index contributed by atoms with van der Waals surface area (Å²) in [6.45, 7) is 7.78. The number of carbonyl (C=O) groups excluding carboxylic acids is 1. The average molecular weight is 241 g/mol. The highest BCUT2D eigenvalue weighted by Gasteiger charge is 2.22. The Morgan fingerprint density at radius 1 is 1.47 bits per heavy atom. The second-order valence-corrected chi connectivity index (χ2v) is 4.96. The lowest BCUT2D eigenvalue weighted by molar-refractivity contribution is 0.188. The Bertz CT molecular complexity index is 254. The number of ether oxygens (including phenoxy) is 1. The minimum atomic E-state index is -0.0459. The molecule has 0 aromatic heterocycles. The lowest BCUT2D eigenvalue weighted by Gasteiger charge is -2.15. The maximum absolute atomic E-state index is 11.6. The molecule has 0 spiro atoms. The van der Waals surface area contributed by atoms with Gasteiger partial charge in [-0.3, -0.25) is 0 Å². The summed E-state index contributed by atoms with van der Waals surface area (Å²) >= 11 is 0. The van der Waals surface area contributed by atoms with Crippen molar-refractivity contribution in [1.82, 2.24) is 15.5 Å². The van der Waals surface area contributed by atoms with Crippen LogP contribution in [0.4, 0.5) is 4.79 Å². The van der Waals surface area contributed by atoms with E-state index in [2.05, 4.69) is 22.5 Å². The molecule has 17 heavy (non-hydrogen) atoms. The quantitative estimate of drug-likeness (QED) is 0.750. The lowest BCUT2D eigenvalue weighted by Crippen LogP contribution is -2.44. The molecule has 2 unspecified atom stereocenters. The molecule has 0 aliphatic carbocycles. The molecular weight excluding hydrogens is 218 g/mol. The van der Waals surface area contributed by atoms with Crippen LogP contribution in [0.3, 0.4) is 0 Å². The number of amides is 2. The van der Waals surface area contributed by atoms with Crippen molar-refractivity contribution in [3.05, 3.63) is 0 Å². The summed E-state index contributed by atoms with van der Waals surface area (Å²) in [5, 5.41) is 5.90. The maximum atomic E-state index is 11.6. The zero-order valence-electron chi connectivity index (χ0n) is 10.6. The van der Waals surface area contributed by atoms with Gasteiger partial charge in [0.2, 0.25) is 0 Å². The van der Waals surface area contributed by atoms with Crippen LogP contribution in [0.1, 0.15) is 19.8 Å². The molecule has 2 rings (SSSR count). The minimum absolute atomic E-state index is 0.0459. The van der Waals surface area contributed by atoms with Crippen LogP contribution in [0.25, 0.3) is 0 Å². The first-order valence-corrected chi connectivity index (χ1v) is 6.62. The number of nitrogens with one attached hydrogen (secondary N) is 2. The fourth-order valence-corrected chi connectivity index (χ4v) is 2.49. The van der Waals surface area contributed by atoms with E-state index in [1.807, 2.05) is 0 Å². The Balaban J connectivity index is 1.59. The molecule has 2 fully saturated rings. The van der Waals surface area contributed by atoms with Gasteiger partial charge in [-0.15, -0.1) is 0 Å². The van der Waals surface area contributed by atoms with Crippen LogP contribution in [-0.4, -0.2) is 56.4 Å². The molecule has 2 saturated heterocycles. The molecule has 0 bridgehead atoms. The van der Waals surface area contributed by atoms with E-state index in [1.165, 1.54) is 13.0 Å². The second-order valence-electron chi connectivity index (χ2n) is 4.96. The summed E-state index contributed by atoms with van der Waals surface area (Å²) in [7, 11) is 0. The first kappa shape index (κ1) is 12.6. The van der Waals surface area contributed by atoms with Crippen LogP contribution < -0.4 is 10.6 Å². The molecule has 98 valence electrons. The van der Waals surface area contributed by atoms with E-state index in [0.29, 0.717) is 12.5 Å². The van der Waals surface area contributed by atoms with E-state index in [-0.39, 0.29) is 12.1 Å². The van der Waals surface area contributed by atoms with Crippen molar-refractivity contribution in [2.75, 3.05) is 39.4 Å². The Hall–Kier alpha value is -0.810. The molecule has 0 saturated carbocycles. The molecule has 0 aromatic carbocycles. The van der Waals surface area contributed by atoms with Gasteiger partial charge in [-0.05, 0) is 31.8 Å². The van der Waals surface area contributed by atoms with E-state index in [4.69, 9.17) is 4.74 Å². The topological polar surface area (TPSA) is 53.6 Å². The first-order chi connectivity index (χ1) is 8.28. The van der Waals surface area contributed by atoms with Crippen molar-refractivity contribution in [3.63, 3.8) is 0 Å². The highest BCUT2D eigenvalue weighted by Crippen LogP contribution is 2.14. The molecule has 2 aliphatic rings. The SMILES string of the molecule is CCN1CCC(CNC(=O)NC2CCOC2)C1. The monoisotopic (exact) mass is 241 g/mol. The average Bonchev–Trinajstić information content (AvgIpc) is 2.96. The Labute approximate surface area is 103 Å². The summed E-state index contributed by atoms with van der Waals surface area (Å²) in [5.41, 5.74) is 0. The Morgan fingerprint density at radius 2 is 2.35 bits per heavy atom. The minimum Gasteiger partial charge on any atom is -0.379 e. The third kappa shape index (κ3) is 3.85.